The summed E-state index contributed by atoms with van der Waals surface area (Å²) in [6.45, 7) is 4.27. The van der Waals surface area contributed by atoms with Gasteiger partial charge in [0.1, 0.15) is 23.3 Å². The van der Waals surface area contributed by atoms with Crippen LogP contribution in [0.4, 0.5) is 5.13 Å². The van der Waals surface area contributed by atoms with E-state index >= 15 is 0 Å². The maximum Gasteiger partial charge on any atom is 0.273 e. The fourth-order valence-corrected chi connectivity index (χ4v) is 4.64. The molecule has 32 heavy (non-hydrogen) atoms. The lowest BCUT2D eigenvalue weighted by atomic mass is 9.96. The van der Waals surface area contributed by atoms with Crippen molar-refractivity contribution >= 4 is 38.6 Å². The topological polar surface area (TPSA) is 122 Å². The minimum absolute atomic E-state index is 0.0159. The number of piperidine rings is 1. The highest BCUT2D eigenvalue weighted by Gasteiger charge is 2.26. The summed E-state index contributed by atoms with van der Waals surface area (Å²) < 4.78 is 6.89. The lowest BCUT2D eigenvalue weighted by Crippen LogP contribution is -2.40. The Kier molecular flexibility index (Phi) is 6.84. The second-order valence-electron chi connectivity index (χ2n) is 7.74. The molecule has 11 heteroatoms. The van der Waals surface area contributed by atoms with Crippen molar-refractivity contribution in [2.75, 3.05) is 24.5 Å². The molecule has 1 saturated heterocycles. The van der Waals surface area contributed by atoms with Crippen LogP contribution < -0.4 is 21.1 Å². The quantitative estimate of drug-likeness (QED) is 0.524. The number of anilines is 1. The van der Waals surface area contributed by atoms with Crippen LogP contribution in [0, 0.1) is 5.92 Å². The molecule has 0 bridgehead atoms. The average Bonchev–Trinajstić information content (AvgIpc) is 3.48. The Hall–Kier alpha value is -3.21. The number of hydrogen-bond donors (Lipinski definition) is 2. The van der Waals surface area contributed by atoms with Gasteiger partial charge in [-0.25, -0.2) is 4.98 Å². The van der Waals surface area contributed by atoms with E-state index in [1.165, 1.54) is 28.5 Å². The van der Waals surface area contributed by atoms with Gasteiger partial charge in [-0.3, -0.25) is 19.0 Å². The van der Waals surface area contributed by atoms with Crippen LogP contribution >= 0.6 is 11.3 Å². The number of hydrogen-bond acceptors (Lipinski definition) is 8. The van der Waals surface area contributed by atoms with E-state index in [1.54, 1.807) is 12.1 Å². The van der Waals surface area contributed by atoms with Crippen molar-refractivity contribution in [3.05, 3.63) is 40.8 Å². The van der Waals surface area contributed by atoms with Crippen LogP contribution in [0.15, 0.2) is 33.9 Å². The highest BCUT2D eigenvalue weighted by molar-refractivity contribution is 7.22. The van der Waals surface area contributed by atoms with E-state index in [9.17, 15) is 14.4 Å². The zero-order valence-corrected chi connectivity index (χ0v) is 18.7. The number of nitrogens with zero attached hydrogens (tertiary/aromatic N) is 4. The standard InChI is InChI=1S/C21H26N6O4S/c1-2-7-22-19(29)14-5-8-26(9-6-14)21-25-18-17(32-21)20(30)27(13-24-18)12-16(28)23-11-15-4-3-10-31-15/h3-4,10,13-14H,2,5-9,11-12H2,1H3,(H,22,29)(H,23,28). The zero-order chi connectivity index (χ0) is 22.5. The fraction of sp³-hybridized carbons (Fsp3) is 0.476. The summed E-state index contributed by atoms with van der Waals surface area (Å²) in [6.07, 6.45) is 5.31. The summed E-state index contributed by atoms with van der Waals surface area (Å²) >= 11 is 1.28. The Balaban J connectivity index is 1.39. The molecule has 0 aromatic carbocycles. The predicted octanol–water partition coefficient (Wildman–Crippen LogP) is 1.50. The number of carbonyl (C=O) groups is 2. The van der Waals surface area contributed by atoms with Crippen LogP contribution in [0.1, 0.15) is 31.9 Å². The highest BCUT2D eigenvalue weighted by Crippen LogP contribution is 2.29. The van der Waals surface area contributed by atoms with Gasteiger partial charge in [0.25, 0.3) is 5.56 Å². The lowest BCUT2D eigenvalue weighted by Gasteiger charge is -2.30. The fourth-order valence-electron chi connectivity index (χ4n) is 3.62. The molecule has 10 nitrogen and oxygen atoms in total. The van der Waals surface area contributed by atoms with Crippen molar-refractivity contribution < 1.29 is 14.0 Å². The minimum atomic E-state index is -0.308. The zero-order valence-electron chi connectivity index (χ0n) is 17.9. The first-order valence-corrected chi connectivity index (χ1v) is 11.5. The van der Waals surface area contributed by atoms with Crippen LogP contribution in [0.2, 0.25) is 0 Å². The van der Waals surface area contributed by atoms with Gasteiger partial charge in [0.15, 0.2) is 10.8 Å². The van der Waals surface area contributed by atoms with E-state index < -0.39 is 0 Å². The third-order valence-electron chi connectivity index (χ3n) is 5.41. The molecule has 1 aliphatic heterocycles. The van der Waals surface area contributed by atoms with Crippen LogP contribution in [0.3, 0.4) is 0 Å². The van der Waals surface area contributed by atoms with E-state index in [4.69, 9.17) is 4.42 Å². The first kappa shape index (κ1) is 22.0. The molecule has 0 aliphatic carbocycles. The highest BCUT2D eigenvalue weighted by atomic mass is 32.1. The third-order valence-corrected chi connectivity index (χ3v) is 6.51. The van der Waals surface area contributed by atoms with Gasteiger partial charge in [0.2, 0.25) is 11.8 Å². The number of fused-ring (bicyclic) bond motifs is 1. The van der Waals surface area contributed by atoms with Crippen molar-refractivity contribution in [3.63, 3.8) is 0 Å². The van der Waals surface area contributed by atoms with Gasteiger partial charge in [-0.05, 0) is 31.4 Å². The van der Waals surface area contributed by atoms with Gasteiger partial charge in [0.05, 0.1) is 12.8 Å². The van der Waals surface area contributed by atoms with Crippen LogP contribution in [-0.4, -0.2) is 46.0 Å². The molecule has 2 N–H and O–H groups in total. The molecule has 0 unspecified atom stereocenters. The maximum absolute atomic E-state index is 12.9. The SMILES string of the molecule is CCCNC(=O)C1CCN(c2nc3ncn(CC(=O)NCc4ccco4)c(=O)c3s2)CC1. The minimum Gasteiger partial charge on any atom is -0.467 e. The summed E-state index contributed by atoms with van der Waals surface area (Å²) in [5.41, 5.74) is 0.0887. The molecule has 3 aromatic heterocycles. The van der Waals surface area contributed by atoms with Crippen molar-refractivity contribution in [2.24, 2.45) is 5.92 Å². The van der Waals surface area contributed by atoms with Gasteiger partial charge in [-0.15, -0.1) is 0 Å². The molecule has 1 aliphatic rings. The number of thiazole rings is 1. The lowest BCUT2D eigenvalue weighted by molar-refractivity contribution is -0.125. The average molecular weight is 459 g/mol. The Labute approximate surface area is 188 Å². The monoisotopic (exact) mass is 458 g/mol. The molecule has 0 atom stereocenters. The second-order valence-corrected chi connectivity index (χ2v) is 8.71. The largest absolute Gasteiger partial charge is 0.467 e. The molecule has 1 fully saturated rings. The molecule has 3 aromatic rings. The summed E-state index contributed by atoms with van der Waals surface area (Å²) in [6, 6.07) is 3.51. The normalized spacial score (nSPS) is 14.6. The Morgan fingerprint density at radius 3 is 2.81 bits per heavy atom. The van der Waals surface area contributed by atoms with Crippen molar-refractivity contribution in [1.29, 1.82) is 0 Å². The molecule has 170 valence electrons. The van der Waals surface area contributed by atoms with Gasteiger partial charge >= 0.3 is 0 Å². The smallest absolute Gasteiger partial charge is 0.273 e. The first-order valence-electron chi connectivity index (χ1n) is 10.7. The Bertz CT molecular complexity index is 1130. The molecular formula is C21H26N6O4S. The van der Waals surface area contributed by atoms with E-state index in [-0.39, 0.29) is 36.4 Å². The van der Waals surface area contributed by atoms with E-state index in [0.717, 1.165) is 24.4 Å². The summed E-state index contributed by atoms with van der Waals surface area (Å²) in [4.78, 5) is 48.1. The van der Waals surface area contributed by atoms with Crippen LogP contribution in [0.5, 0.6) is 0 Å². The predicted molar refractivity (Wildman–Crippen MR) is 120 cm³/mol. The van der Waals surface area contributed by atoms with Crippen molar-refractivity contribution in [3.8, 4) is 0 Å². The van der Waals surface area contributed by atoms with Crippen LogP contribution in [0.25, 0.3) is 10.3 Å². The molecule has 4 heterocycles. The molecule has 0 saturated carbocycles. The maximum atomic E-state index is 12.9. The molecular weight excluding hydrogens is 432 g/mol. The van der Waals surface area contributed by atoms with E-state index in [1.807, 2.05) is 6.92 Å². The number of carbonyl (C=O) groups excluding carboxylic acids is 2. The van der Waals surface area contributed by atoms with Gasteiger partial charge < -0.3 is 20.0 Å². The van der Waals surface area contributed by atoms with Crippen LogP contribution in [-0.2, 0) is 22.7 Å². The molecule has 0 spiro atoms. The molecule has 4 rings (SSSR count). The number of nitrogens with one attached hydrogen (secondary N) is 2. The summed E-state index contributed by atoms with van der Waals surface area (Å²) in [7, 11) is 0. The first-order chi connectivity index (χ1) is 15.5. The van der Waals surface area contributed by atoms with E-state index in [2.05, 4.69) is 25.5 Å². The van der Waals surface area contributed by atoms with Gasteiger partial charge in [-0.2, -0.15) is 4.98 Å². The number of amides is 2. The van der Waals surface area contributed by atoms with Gasteiger partial charge in [-0.1, -0.05) is 18.3 Å². The Morgan fingerprint density at radius 1 is 1.28 bits per heavy atom. The summed E-state index contributed by atoms with van der Waals surface area (Å²) in [5.74, 6) is 0.462. The van der Waals surface area contributed by atoms with Crippen molar-refractivity contribution in [2.45, 2.75) is 39.3 Å². The number of aromatic nitrogens is 3. The van der Waals surface area contributed by atoms with Gasteiger partial charge in [0, 0.05) is 25.6 Å². The van der Waals surface area contributed by atoms with Crippen molar-refractivity contribution in [1.82, 2.24) is 25.2 Å². The number of rotatable bonds is 8. The summed E-state index contributed by atoms with van der Waals surface area (Å²) in [5, 5.41) is 6.40. The number of furan rings is 1. The third kappa shape index (κ3) is 4.98. The second kappa shape index (κ2) is 9.94. The molecule has 2 amide bonds. The van der Waals surface area contributed by atoms with E-state index in [0.29, 0.717) is 35.7 Å². The molecule has 0 radical (unpaired) electrons. The Morgan fingerprint density at radius 2 is 2.09 bits per heavy atom.